The molecule has 0 atom stereocenters. The maximum Gasteiger partial charge on any atom is 0.160 e. The quantitative estimate of drug-likeness (QED) is 0.128. The van der Waals surface area contributed by atoms with Gasteiger partial charge < -0.3 is 9.13 Å². The maximum absolute atomic E-state index is 5.32. The number of nitrogens with zero attached hydrogens (tertiary/aromatic N) is 8. The minimum absolute atomic E-state index is 0.642. The molecule has 0 saturated carbocycles. The Morgan fingerprint density at radius 1 is 0.202 bits per heavy atom. The summed E-state index contributed by atoms with van der Waals surface area (Å²) in [5.41, 5.74) is 22.0. The van der Waals surface area contributed by atoms with Crippen LogP contribution in [0.5, 0.6) is 0 Å². The zero-order chi connectivity index (χ0) is 62.1. The standard InChI is InChI=1S/C86H54N8/c1-3-15-69-57(13-1)49-51-87-83(69)63-37-33-61(34-38-63)77-53-75(89-85(91-77)65-41-45-67(46-42-65)93-79-21-9-5-17-71(79)72-18-6-10-22-80(72)93)59-29-25-55(26-30-59)56-27-31-60(32-28-56)76-54-78(62-35-39-64(40-36-62)84-70-16-4-2-14-58(70)50-52-88-84)92-86(90-76)66-43-47-68(48-44-66)94-81-23-11-7-19-73(81)74-20-8-12-24-82(74)94/h1-54H. The molecule has 18 rings (SSSR count). The molecule has 18 aromatic rings. The molecule has 0 aliphatic heterocycles. The van der Waals surface area contributed by atoms with Gasteiger partial charge in [0, 0.05) is 101 Å². The van der Waals surface area contributed by atoms with E-state index in [9.17, 15) is 0 Å². The SMILES string of the molecule is c1ccc2c(-c3ccc(-c4cc(-c5ccc(-c6ccc(-c7cc(-c8ccc(-c9nccc%10ccccc9%10)cc8)nc(-c8ccc(-n9c%10ccccc%10c%10ccccc%109)cc8)n7)cc6)cc5)nc(-c5ccc(-n6c7ccccc7c7ccccc76)cc5)n4)cc3)nccc2c1. The van der Waals surface area contributed by atoms with Crippen LogP contribution in [0.25, 0.3) is 178 Å². The van der Waals surface area contributed by atoms with Gasteiger partial charge in [-0.25, -0.2) is 19.9 Å². The third kappa shape index (κ3) is 9.56. The average molecular weight is 1200 g/mol. The summed E-state index contributed by atoms with van der Waals surface area (Å²) >= 11 is 0. The number of aromatic nitrogens is 8. The number of hydrogen-bond acceptors (Lipinski definition) is 6. The van der Waals surface area contributed by atoms with Gasteiger partial charge in [0.1, 0.15) is 0 Å². The first-order valence-electron chi connectivity index (χ1n) is 31.6. The summed E-state index contributed by atoms with van der Waals surface area (Å²) in [4.78, 5) is 30.9. The predicted octanol–water partition coefficient (Wildman–Crippen LogP) is 21.6. The van der Waals surface area contributed by atoms with Gasteiger partial charge in [-0.1, -0.05) is 218 Å². The Morgan fingerprint density at radius 2 is 0.457 bits per heavy atom. The maximum atomic E-state index is 5.32. The fourth-order valence-electron chi connectivity index (χ4n) is 13.6. The lowest BCUT2D eigenvalue weighted by Gasteiger charge is -2.13. The Bertz CT molecular complexity index is 5450. The molecule has 438 valence electrons. The molecule has 0 amide bonds. The first-order valence-corrected chi connectivity index (χ1v) is 31.6. The smallest absolute Gasteiger partial charge is 0.160 e. The summed E-state index contributed by atoms with van der Waals surface area (Å²) in [5.74, 6) is 1.28. The Balaban J connectivity index is 0.683. The van der Waals surface area contributed by atoms with Gasteiger partial charge in [-0.3, -0.25) is 9.97 Å². The zero-order valence-electron chi connectivity index (χ0n) is 50.8. The number of fused-ring (bicyclic) bond motifs is 8. The van der Waals surface area contributed by atoms with E-state index in [4.69, 9.17) is 29.9 Å². The van der Waals surface area contributed by atoms with Crippen molar-refractivity contribution in [3.05, 3.63) is 328 Å². The van der Waals surface area contributed by atoms with Crippen LogP contribution in [-0.2, 0) is 0 Å². The fraction of sp³-hybridized carbons (Fsp3) is 0. The van der Waals surface area contributed by atoms with E-state index in [1.54, 1.807) is 0 Å². The highest BCUT2D eigenvalue weighted by molar-refractivity contribution is 6.10. The van der Waals surface area contributed by atoms with Crippen molar-refractivity contribution < 1.29 is 0 Å². The molecule has 8 heteroatoms. The lowest BCUT2D eigenvalue weighted by Crippen LogP contribution is -1.98. The van der Waals surface area contributed by atoms with Crippen molar-refractivity contribution in [2.24, 2.45) is 0 Å². The van der Waals surface area contributed by atoms with Crippen molar-refractivity contribution >= 4 is 65.2 Å². The predicted molar refractivity (Wildman–Crippen MR) is 386 cm³/mol. The molecule has 0 radical (unpaired) electrons. The van der Waals surface area contributed by atoms with Gasteiger partial charge in [0.15, 0.2) is 11.6 Å². The van der Waals surface area contributed by atoms with Crippen LogP contribution in [0, 0.1) is 0 Å². The van der Waals surface area contributed by atoms with Crippen LogP contribution in [0.3, 0.4) is 0 Å². The number of benzene rings is 12. The molecule has 94 heavy (non-hydrogen) atoms. The molecular formula is C86H54N8. The van der Waals surface area contributed by atoms with Crippen LogP contribution in [0.2, 0.25) is 0 Å². The summed E-state index contributed by atoms with van der Waals surface area (Å²) in [7, 11) is 0. The number of hydrogen-bond donors (Lipinski definition) is 0. The highest BCUT2D eigenvalue weighted by Crippen LogP contribution is 2.39. The molecule has 0 bridgehead atoms. The van der Waals surface area contributed by atoms with Gasteiger partial charge in [-0.2, -0.15) is 0 Å². The molecular weight excluding hydrogens is 1150 g/mol. The van der Waals surface area contributed by atoms with Crippen molar-refractivity contribution in [2.75, 3.05) is 0 Å². The second-order valence-corrected chi connectivity index (χ2v) is 23.8. The van der Waals surface area contributed by atoms with Crippen LogP contribution < -0.4 is 0 Å². The van der Waals surface area contributed by atoms with Crippen molar-refractivity contribution in [3.63, 3.8) is 0 Å². The Kier molecular flexibility index (Phi) is 13.0. The third-order valence-electron chi connectivity index (χ3n) is 18.3. The summed E-state index contributed by atoms with van der Waals surface area (Å²) < 4.78 is 4.67. The number of pyridine rings is 2. The topological polar surface area (TPSA) is 87.2 Å². The molecule has 0 fully saturated rings. The minimum atomic E-state index is 0.642. The van der Waals surface area contributed by atoms with E-state index in [0.717, 1.165) is 145 Å². The molecule has 0 N–H and O–H groups in total. The molecule has 0 aliphatic rings. The summed E-state index contributed by atoms with van der Waals surface area (Å²) in [6, 6.07) is 111. The second-order valence-electron chi connectivity index (χ2n) is 23.8. The highest BCUT2D eigenvalue weighted by Gasteiger charge is 2.19. The van der Waals surface area contributed by atoms with Crippen molar-refractivity contribution in [1.29, 1.82) is 0 Å². The minimum Gasteiger partial charge on any atom is -0.309 e. The van der Waals surface area contributed by atoms with Crippen LogP contribution in [0.4, 0.5) is 0 Å². The van der Waals surface area contributed by atoms with E-state index in [1.165, 1.54) is 21.5 Å². The van der Waals surface area contributed by atoms with E-state index >= 15 is 0 Å². The average Bonchev–Trinajstić information content (AvgIpc) is 1.72. The molecule has 0 saturated heterocycles. The summed E-state index contributed by atoms with van der Waals surface area (Å²) in [6.07, 6.45) is 3.76. The summed E-state index contributed by atoms with van der Waals surface area (Å²) in [5, 5.41) is 9.45. The normalized spacial score (nSPS) is 11.6. The van der Waals surface area contributed by atoms with Gasteiger partial charge in [0.2, 0.25) is 0 Å². The first-order chi connectivity index (χ1) is 46.6. The van der Waals surface area contributed by atoms with Gasteiger partial charge in [0.05, 0.1) is 56.2 Å². The van der Waals surface area contributed by atoms with E-state index in [2.05, 4.69) is 325 Å². The van der Waals surface area contributed by atoms with Gasteiger partial charge in [0.25, 0.3) is 0 Å². The monoisotopic (exact) mass is 1200 g/mol. The molecule has 6 heterocycles. The lowest BCUT2D eigenvalue weighted by molar-refractivity contribution is 1.16. The third-order valence-corrected chi connectivity index (χ3v) is 18.3. The molecule has 12 aromatic carbocycles. The van der Waals surface area contributed by atoms with E-state index < -0.39 is 0 Å². The Hall–Kier alpha value is -12.8. The van der Waals surface area contributed by atoms with E-state index in [0.29, 0.717) is 11.6 Å². The van der Waals surface area contributed by atoms with Crippen molar-refractivity contribution in [1.82, 2.24) is 39.0 Å². The fourth-order valence-corrected chi connectivity index (χ4v) is 13.6. The van der Waals surface area contributed by atoms with Crippen LogP contribution in [-0.4, -0.2) is 39.0 Å². The highest BCUT2D eigenvalue weighted by atomic mass is 15.0. The van der Waals surface area contributed by atoms with Crippen LogP contribution >= 0.6 is 0 Å². The zero-order valence-corrected chi connectivity index (χ0v) is 50.8. The molecule has 0 spiro atoms. The van der Waals surface area contributed by atoms with Crippen molar-refractivity contribution in [2.45, 2.75) is 0 Å². The molecule has 6 aromatic heterocycles. The Morgan fingerprint density at radius 3 is 0.777 bits per heavy atom. The van der Waals surface area contributed by atoms with Gasteiger partial charge in [-0.05, 0) is 119 Å². The first kappa shape index (κ1) is 54.2. The molecule has 8 nitrogen and oxygen atoms in total. The van der Waals surface area contributed by atoms with E-state index in [1.807, 2.05) is 12.4 Å². The lowest BCUT2D eigenvalue weighted by atomic mass is 9.99. The molecule has 0 aliphatic carbocycles. The van der Waals surface area contributed by atoms with Crippen LogP contribution in [0.15, 0.2) is 328 Å². The molecule has 0 unspecified atom stereocenters. The summed E-state index contributed by atoms with van der Waals surface area (Å²) in [6.45, 7) is 0. The van der Waals surface area contributed by atoms with Gasteiger partial charge in [-0.15, -0.1) is 0 Å². The van der Waals surface area contributed by atoms with E-state index in [-0.39, 0.29) is 0 Å². The Labute approximate surface area is 541 Å². The number of para-hydroxylation sites is 4. The largest absolute Gasteiger partial charge is 0.309 e. The van der Waals surface area contributed by atoms with Crippen molar-refractivity contribution in [3.8, 4) is 113 Å². The van der Waals surface area contributed by atoms with Gasteiger partial charge >= 0.3 is 0 Å². The van der Waals surface area contributed by atoms with Crippen LogP contribution in [0.1, 0.15) is 0 Å². The number of rotatable bonds is 11. The second kappa shape index (κ2) is 22.6.